The Morgan fingerprint density at radius 2 is 2.08 bits per heavy atom. The van der Waals surface area contributed by atoms with Gasteiger partial charge in [-0.1, -0.05) is 12.1 Å². The normalized spacial score (nSPS) is 17.4. The summed E-state index contributed by atoms with van der Waals surface area (Å²) >= 11 is 0. The summed E-state index contributed by atoms with van der Waals surface area (Å²) in [6.07, 6.45) is 4.20. The van der Waals surface area contributed by atoms with Crippen molar-refractivity contribution < 1.29 is 4.39 Å². The van der Waals surface area contributed by atoms with Gasteiger partial charge in [0.05, 0.1) is 24.0 Å². The van der Waals surface area contributed by atoms with Crippen molar-refractivity contribution >= 4 is 22.4 Å². The van der Waals surface area contributed by atoms with Crippen molar-refractivity contribution in [2.45, 2.75) is 19.0 Å². The molecular weight excluding hydrogens is 329 g/mol. The number of fused-ring (bicyclic) bond motifs is 2. The molecule has 0 bridgehead atoms. The van der Waals surface area contributed by atoms with E-state index in [1.165, 1.54) is 5.56 Å². The molecule has 130 valence electrons. The summed E-state index contributed by atoms with van der Waals surface area (Å²) in [5.41, 5.74) is 4.00. The number of anilines is 1. The Morgan fingerprint density at radius 1 is 1.12 bits per heavy atom. The van der Waals surface area contributed by atoms with Crippen molar-refractivity contribution in [2.24, 2.45) is 0 Å². The Morgan fingerprint density at radius 3 is 2.96 bits per heavy atom. The van der Waals surface area contributed by atoms with Crippen LogP contribution in [0.5, 0.6) is 0 Å². The molecule has 6 heteroatoms. The van der Waals surface area contributed by atoms with Gasteiger partial charge >= 0.3 is 0 Å². The number of rotatable bonds is 3. The minimum Gasteiger partial charge on any atom is -0.352 e. The zero-order valence-corrected chi connectivity index (χ0v) is 14.2. The highest BCUT2D eigenvalue weighted by Crippen LogP contribution is 2.22. The lowest BCUT2D eigenvalue weighted by Crippen LogP contribution is -2.22. The molecule has 0 saturated carbocycles. The maximum Gasteiger partial charge on any atom is 0.153 e. The van der Waals surface area contributed by atoms with Crippen molar-refractivity contribution in [2.75, 3.05) is 18.0 Å². The quantitative estimate of drug-likeness (QED) is 0.570. The van der Waals surface area contributed by atoms with Gasteiger partial charge in [-0.05, 0) is 42.3 Å². The lowest BCUT2D eigenvalue weighted by molar-refractivity contribution is 0.364. The van der Waals surface area contributed by atoms with Gasteiger partial charge in [0.25, 0.3) is 0 Å². The zero-order valence-electron chi connectivity index (χ0n) is 14.2. The van der Waals surface area contributed by atoms with Gasteiger partial charge in [-0.2, -0.15) is 0 Å². The molecule has 0 radical (unpaired) electrons. The van der Waals surface area contributed by atoms with Crippen molar-refractivity contribution in [3.63, 3.8) is 0 Å². The van der Waals surface area contributed by atoms with Gasteiger partial charge in [-0.15, -0.1) is 5.10 Å². The number of halogens is 1. The van der Waals surface area contributed by atoms with Crippen LogP contribution >= 0.6 is 0 Å². The molecule has 1 saturated heterocycles. The number of hydrogen-bond acceptors (Lipinski definition) is 4. The molecule has 4 aromatic rings. The Kier molecular flexibility index (Phi) is 3.55. The first-order valence-electron chi connectivity index (χ1n) is 8.83. The molecule has 0 aliphatic carbocycles. The molecule has 26 heavy (non-hydrogen) atoms. The summed E-state index contributed by atoms with van der Waals surface area (Å²) < 4.78 is 15.4. The van der Waals surface area contributed by atoms with E-state index in [1.54, 1.807) is 6.20 Å². The van der Waals surface area contributed by atoms with Gasteiger partial charge in [0.2, 0.25) is 0 Å². The lowest BCUT2D eigenvalue weighted by atomic mass is 10.1. The molecule has 3 aromatic heterocycles. The third-order valence-electron chi connectivity index (χ3n) is 4.93. The van der Waals surface area contributed by atoms with Crippen molar-refractivity contribution in [3.8, 4) is 0 Å². The predicted molar refractivity (Wildman–Crippen MR) is 99.3 cm³/mol. The molecule has 1 aliphatic heterocycles. The van der Waals surface area contributed by atoms with Crippen LogP contribution in [0.1, 0.15) is 17.7 Å². The topological polar surface area (TPSA) is 46.3 Å². The van der Waals surface area contributed by atoms with Gasteiger partial charge in [-0.25, -0.2) is 13.9 Å². The average Bonchev–Trinajstić information content (AvgIpc) is 3.28. The van der Waals surface area contributed by atoms with E-state index in [4.69, 9.17) is 5.10 Å². The molecule has 1 aliphatic rings. The van der Waals surface area contributed by atoms with Crippen molar-refractivity contribution in [3.05, 3.63) is 66.1 Å². The highest BCUT2D eigenvalue weighted by molar-refractivity contribution is 5.79. The first kappa shape index (κ1) is 15.3. The zero-order chi connectivity index (χ0) is 17.5. The predicted octanol–water partition coefficient (Wildman–Crippen LogP) is 3.42. The first-order valence-corrected chi connectivity index (χ1v) is 8.83. The summed E-state index contributed by atoms with van der Waals surface area (Å²) in [7, 11) is 0. The molecule has 5 rings (SSSR count). The van der Waals surface area contributed by atoms with Crippen LogP contribution in [0.15, 0.2) is 54.9 Å². The number of benzene rings is 1. The summed E-state index contributed by atoms with van der Waals surface area (Å²) in [6.45, 7) is 1.13. The minimum absolute atomic E-state index is 0.417. The van der Waals surface area contributed by atoms with E-state index < -0.39 is 6.17 Å². The number of alkyl halides is 1. The Labute approximate surface area is 150 Å². The highest BCUT2D eigenvalue weighted by Gasteiger charge is 2.23. The number of hydrogen-bond donors (Lipinski definition) is 0. The fraction of sp³-hybridized carbons (Fsp3) is 0.250. The van der Waals surface area contributed by atoms with E-state index in [-0.39, 0.29) is 0 Å². The monoisotopic (exact) mass is 347 g/mol. The molecule has 0 unspecified atom stereocenters. The summed E-state index contributed by atoms with van der Waals surface area (Å²) in [4.78, 5) is 10.8. The van der Waals surface area contributed by atoms with E-state index in [0.29, 0.717) is 19.5 Å². The Balaban J connectivity index is 1.49. The van der Waals surface area contributed by atoms with Crippen LogP contribution in [-0.2, 0) is 6.42 Å². The van der Waals surface area contributed by atoms with Gasteiger partial charge in [0, 0.05) is 24.5 Å². The third kappa shape index (κ3) is 2.67. The number of aromatic nitrogens is 4. The van der Waals surface area contributed by atoms with E-state index in [2.05, 4.69) is 28.2 Å². The van der Waals surface area contributed by atoms with E-state index in [1.807, 2.05) is 39.9 Å². The van der Waals surface area contributed by atoms with Crippen LogP contribution in [0.4, 0.5) is 10.2 Å². The van der Waals surface area contributed by atoms with Gasteiger partial charge in [-0.3, -0.25) is 4.98 Å². The molecule has 4 heterocycles. The molecule has 1 atom stereocenters. The van der Waals surface area contributed by atoms with Gasteiger partial charge in [0.1, 0.15) is 12.0 Å². The fourth-order valence-corrected chi connectivity index (χ4v) is 3.57. The molecule has 1 fully saturated rings. The average molecular weight is 347 g/mol. The third-order valence-corrected chi connectivity index (χ3v) is 4.93. The van der Waals surface area contributed by atoms with Crippen LogP contribution in [0, 0.1) is 0 Å². The largest absolute Gasteiger partial charge is 0.352 e. The maximum atomic E-state index is 13.5. The molecule has 1 aromatic carbocycles. The Bertz CT molecular complexity index is 1090. The smallest absolute Gasteiger partial charge is 0.153 e. The van der Waals surface area contributed by atoms with Crippen LogP contribution in [0.25, 0.3) is 16.6 Å². The maximum absolute atomic E-state index is 13.5. The molecule has 0 N–H and O–H groups in total. The lowest BCUT2D eigenvalue weighted by Gasteiger charge is -2.16. The van der Waals surface area contributed by atoms with Crippen LogP contribution < -0.4 is 4.90 Å². The van der Waals surface area contributed by atoms with E-state index in [0.717, 1.165) is 34.5 Å². The molecular formula is C20H18FN5. The number of imidazole rings is 1. The summed E-state index contributed by atoms with van der Waals surface area (Å²) in [6, 6.07) is 14.2. The van der Waals surface area contributed by atoms with Gasteiger partial charge in [0.15, 0.2) is 5.65 Å². The highest BCUT2D eigenvalue weighted by atomic mass is 19.1. The SMILES string of the molecule is F[C@H]1CCN(c2ccc3ncc(Cc4ccc5ncccc5c4)n3n2)C1. The van der Waals surface area contributed by atoms with Crippen LogP contribution in [-0.4, -0.2) is 38.8 Å². The number of nitrogens with zero attached hydrogens (tertiary/aromatic N) is 5. The second-order valence-corrected chi connectivity index (χ2v) is 6.75. The van der Waals surface area contributed by atoms with E-state index >= 15 is 0 Å². The second-order valence-electron chi connectivity index (χ2n) is 6.75. The molecule has 5 nitrogen and oxygen atoms in total. The summed E-state index contributed by atoms with van der Waals surface area (Å²) in [5.74, 6) is 0.805. The Hall–Kier alpha value is -3.02. The van der Waals surface area contributed by atoms with Crippen LogP contribution in [0.3, 0.4) is 0 Å². The van der Waals surface area contributed by atoms with E-state index in [9.17, 15) is 4.39 Å². The fourth-order valence-electron chi connectivity index (χ4n) is 3.57. The van der Waals surface area contributed by atoms with Crippen molar-refractivity contribution in [1.29, 1.82) is 0 Å². The van der Waals surface area contributed by atoms with Crippen LogP contribution in [0.2, 0.25) is 0 Å². The van der Waals surface area contributed by atoms with Crippen molar-refractivity contribution in [1.82, 2.24) is 19.6 Å². The minimum atomic E-state index is -0.763. The van der Waals surface area contributed by atoms with Gasteiger partial charge < -0.3 is 4.90 Å². The summed E-state index contributed by atoms with van der Waals surface area (Å²) in [5, 5.41) is 5.83. The molecule has 0 amide bonds. The first-order chi connectivity index (χ1) is 12.8. The standard InChI is InChI=1S/C20H18FN5/c21-16-7-9-25(13-16)20-6-5-19-23-12-17(26(19)24-20)11-14-3-4-18-15(10-14)2-1-8-22-18/h1-6,8,10,12,16H,7,9,11,13H2/t16-/m0/s1. The molecule has 0 spiro atoms. The second kappa shape index (κ2) is 6.05. The number of pyridine rings is 1.